The van der Waals surface area contributed by atoms with Crippen molar-refractivity contribution in [1.82, 2.24) is 10.2 Å². The molecule has 218 valence electrons. The molecule has 1 N–H and O–H groups in total. The molecule has 5 aromatic rings. The number of carbonyl (C=O) groups is 1. The van der Waals surface area contributed by atoms with Crippen LogP contribution in [0.15, 0.2) is 132 Å². The lowest BCUT2D eigenvalue weighted by Gasteiger charge is -2.23. The van der Waals surface area contributed by atoms with Gasteiger partial charge in [0, 0.05) is 42.4 Å². The van der Waals surface area contributed by atoms with E-state index in [1.807, 2.05) is 42.1 Å². The predicted octanol–water partition coefficient (Wildman–Crippen LogP) is 8.23. The standard InChI is InChI=1S/C37H35FN2O2S/c1-42-35-7-5-6-30(24-35)27-40(22-23-43-36-8-3-2-4-9-36)26-29-12-10-28(11-13-29)25-39-37(41)33-16-14-31(15-17-33)32-18-20-34(38)21-19-32/h2-21,24H,22-23,25-27H2,1H3,(H,39,41). The Morgan fingerprint density at radius 1 is 0.744 bits per heavy atom. The number of amides is 1. The molecular formula is C37H35FN2O2S. The van der Waals surface area contributed by atoms with E-state index < -0.39 is 0 Å². The fourth-order valence-corrected chi connectivity index (χ4v) is 5.75. The molecule has 0 saturated carbocycles. The Kier molecular flexibility index (Phi) is 10.6. The summed E-state index contributed by atoms with van der Waals surface area (Å²) in [6.45, 7) is 3.03. The maximum atomic E-state index is 13.2. The summed E-state index contributed by atoms with van der Waals surface area (Å²) in [5.41, 5.74) is 5.91. The number of rotatable bonds is 13. The minimum absolute atomic E-state index is 0.130. The first-order valence-electron chi connectivity index (χ1n) is 14.3. The first kappa shape index (κ1) is 30.1. The molecule has 0 fully saturated rings. The van der Waals surface area contributed by atoms with E-state index in [1.54, 1.807) is 31.4 Å². The van der Waals surface area contributed by atoms with Crippen molar-refractivity contribution in [3.05, 3.63) is 155 Å². The maximum absolute atomic E-state index is 13.2. The Balaban J connectivity index is 1.16. The van der Waals surface area contributed by atoms with Crippen LogP contribution in [-0.2, 0) is 19.6 Å². The molecule has 0 bridgehead atoms. The number of thioether (sulfide) groups is 1. The van der Waals surface area contributed by atoms with Crippen LogP contribution in [0.2, 0.25) is 0 Å². The molecule has 6 heteroatoms. The molecule has 43 heavy (non-hydrogen) atoms. The van der Waals surface area contributed by atoms with Crippen molar-refractivity contribution in [1.29, 1.82) is 0 Å². The van der Waals surface area contributed by atoms with Gasteiger partial charge in [0.1, 0.15) is 11.6 Å². The van der Waals surface area contributed by atoms with Gasteiger partial charge in [0.2, 0.25) is 0 Å². The van der Waals surface area contributed by atoms with E-state index in [4.69, 9.17) is 4.74 Å². The van der Waals surface area contributed by atoms with Crippen molar-refractivity contribution in [2.45, 2.75) is 24.5 Å². The van der Waals surface area contributed by atoms with Gasteiger partial charge in [0.15, 0.2) is 0 Å². The van der Waals surface area contributed by atoms with E-state index in [9.17, 15) is 9.18 Å². The van der Waals surface area contributed by atoms with Gasteiger partial charge in [0.05, 0.1) is 7.11 Å². The zero-order valence-corrected chi connectivity index (χ0v) is 25.0. The summed E-state index contributed by atoms with van der Waals surface area (Å²) in [5.74, 6) is 1.46. The Morgan fingerprint density at radius 3 is 2.09 bits per heavy atom. The van der Waals surface area contributed by atoms with E-state index in [0.29, 0.717) is 12.1 Å². The fourth-order valence-electron chi connectivity index (χ4n) is 4.81. The monoisotopic (exact) mass is 590 g/mol. The summed E-state index contributed by atoms with van der Waals surface area (Å²) in [6, 6.07) is 40.9. The number of ether oxygens (including phenoxy) is 1. The number of nitrogens with zero attached hydrogens (tertiary/aromatic N) is 1. The van der Waals surface area contributed by atoms with Crippen LogP contribution in [0.25, 0.3) is 11.1 Å². The SMILES string of the molecule is COc1cccc(CN(CCSc2ccccc2)Cc2ccc(CNC(=O)c3ccc(-c4ccc(F)cc4)cc3)cc2)c1. The average Bonchev–Trinajstić information content (AvgIpc) is 3.05. The van der Waals surface area contributed by atoms with Crippen molar-refractivity contribution in [3.63, 3.8) is 0 Å². The van der Waals surface area contributed by atoms with E-state index >= 15 is 0 Å². The highest BCUT2D eigenvalue weighted by Gasteiger charge is 2.10. The molecule has 0 heterocycles. The van der Waals surface area contributed by atoms with Crippen LogP contribution in [0.3, 0.4) is 0 Å². The normalized spacial score (nSPS) is 11.0. The molecule has 0 unspecified atom stereocenters. The fraction of sp³-hybridized carbons (Fsp3) is 0.162. The first-order chi connectivity index (χ1) is 21.1. The van der Waals surface area contributed by atoms with Gasteiger partial charge in [0.25, 0.3) is 5.91 Å². The molecular weight excluding hydrogens is 555 g/mol. The quantitative estimate of drug-likeness (QED) is 0.140. The molecule has 5 rings (SSSR count). The first-order valence-corrected chi connectivity index (χ1v) is 15.3. The lowest BCUT2D eigenvalue weighted by molar-refractivity contribution is 0.0951. The molecule has 4 nitrogen and oxygen atoms in total. The molecule has 1 amide bonds. The van der Waals surface area contributed by atoms with Crippen molar-refractivity contribution in [2.75, 3.05) is 19.4 Å². The number of benzene rings is 5. The third-order valence-electron chi connectivity index (χ3n) is 7.17. The van der Waals surface area contributed by atoms with E-state index in [2.05, 4.69) is 70.9 Å². The summed E-state index contributed by atoms with van der Waals surface area (Å²) in [6.07, 6.45) is 0. The summed E-state index contributed by atoms with van der Waals surface area (Å²) in [7, 11) is 1.70. The van der Waals surface area contributed by atoms with Crippen molar-refractivity contribution >= 4 is 17.7 Å². The number of hydrogen-bond donors (Lipinski definition) is 1. The number of halogens is 1. The predicted molar refractivity (Wildman–Crippen MR) is 174 cm³/mol. The minimum Gasteiger partial charge on any atom is -0.497 e. The molecule has 0 aromatic heterocycles. The highest BCUT2D eigenvalue weighted by Crippen LogP contribution is 2.22. The summed E-state index contributed by atoms with van der Waals surface area (Å²) < 4.78 is 18.7. The number of carbonyl (C=O) groups excluding carboxylic acids is 1. The summed E-state index contributed by atoms with van der Waals surface area (Å²) in [4.78, 5) is 16.5. The second-order valence-corrected chi connectivity index (χ2v) is 11.5. The molecule has 0 atom stereocenters. The molecule has 0 saturated heterocycles. The average molecular weight is 591 g/mol. The highest BCUT2D eigenvalue weighted by atomic mass is 32.2. The van der Waals surface area contributed by atoms with Gasteiger partial charge in [-0.1, -0.05) is 78.9 Å². The third-order valence-corrected chi connectivity index (χ3v) is 8.16. The zero-order valence-electron chi connectivity index (χ0n) is 24.2. The Bertz CT molecular complexity index is 1590. The zero-order chi connectivity index (χ0) is 29.9. The largest absolute Gasteiger partial charge is 0.497 e. The Hall–Kier alpha value is -4.39. The Labute approximate surface area is 257 Å². The molecule has 0 aliphatic heterocycles. The van der Waals surface area contributed by atoms with Gasteiger partial charge < -0.3 is 10.1 Å². The van der Waals surface area contributed by atoms with E-state index in [0.717, 1.165) is 47.8 Å². The summed E-state index contributed by atoms with van der Waals surface area (Å²) in [5, 5.41) is 3.02. The van der Waals surface area contributed by atoms with Gasteiger partial charge >= 0.3 is 0 Å². The van der Waals surface area contributed by atoms with Crippen LogP contribution >= 0.6 is 11.8 Å². The lowest BCUT2D eigenvalue weighted by Crippen LogP contribution is -2.25. The van der Waals surface area contributed by atoms with Gasteiger partial charge in [-0.3, -0.25) is 9.69 Å². The van der Waals surface area contributed by atoms with Crippen molar-refractivity contribution in [3.8, 4) is 16.9 Å². The van der Waals surface area contributed by atoms with Gasteiger partial charge in [-0.15, -0.1) is 11.8 Å². The van der Waals surface area contributed by atoms with Crippen LogP contribution in [0.5, 0.6) is 5.75 Å². The van der Waals surface area contributed by atoms with Gasteiger partial charge in [-0.2, -0.15) is 0 Å². The van der Waals surface area contributed by atoms with E-state index in [-0.39, 0.29) is 11.7 Å². The number of hydrogen-bond acceptors (Lipinski definition) is 4. The summed E-state index contributed by atoms with van der Waals surface area (Å²) >= 11 is 1.87. The maximum Gasteiger partial charge on any atom is 0.251 e. The second-order valence-electron chi connectivity index (χ2n) is 10.3. The lowest BCUT2D eigenvalue weighted by atomic mass is 10.0. The van der Waals surface area contributed by atoms with Gasteiger partial charge in [-0.25, -0.2) is 4.39 Å². The van der Waals surface area contributed by atoms with Crippen molar-refractivity contribution in [2.24, 2.45) is 0 Å². The van der Waals surface area contributed by atoms with E-state index in [1.165, 1.54) is 28.2 Å². The third kappa shape index (κ3) is 9.05. The van der Waals surface area contributed by atoms with Crippen LogP contribution in [-0.4, -0.2) is 30.2 Å². The van der Waals surface area contributed by atoms with Crippen LogP contribution in [0, 0.1) is 5.82 Å². The van der Waals surface area contributed by atoms with Crippen LogP contribution in [0.1, 0.15) is 27.0 Å². The van der Waals surface area contributed by atoms with Crippen molar-refractivity contribution < 1.29 is 13.9 Å². The van der Waals surface area contributed by atoms with Crippen LogP contribution < -0.4 is 10.1 Å². The Morgan fingerprint density at radius 2 is 1.40 bits per heavy atom. The molecule has 0 aliphatic carbocycles. The molecule has 0 spiro atoms. The smallest absolute Gasteiger partial charge is 0.251 e. The van der Waals surface area contributed by atoms with Gasteiger partial charge in [-0.05, 0) is 76.3 Å². The van der Waals surface area contributed by atoms with Crippen LogP contribution in [0.4, 0.5) is 4.39 Å². The highest BCUT2D eigenvalue weighted by molar-refractivity contribution is 7.99. The second kappa shape index (κ2) is 15.2. The minimum atomic E-state index is -0.267. The molecule has 5 aromatic carbocycles. The number of nitrogens with one attached hydrogen (secondary N) is 1. The topological polar surface area (TPSA) is 41.6 Å². The number of methoxy groups -OCH3 is 1. The molecule has 0 aliphatic rings. The molecule has 0 radical (unpaired) electrons.